The molecule has 2 aromatic carbocycles. The van der Waals surface area contributed by atoms with Gasteiger partial charge in [0, 0.05) is 11.3 Å². The summed E-state index contributed by atoms with van der Waals surface area (Å²) in [6, 6.07) is 10.5. The number of aromatic nitrogens is 2. The van der Waals surface area contributed by atoms with Crippen LogP contribution in [0.25, 0.3) is 11.0 Å². The fraction of sp³-hybridized carbons (Fsp3) is 0.0625. The lowest BCUT2D eigenvalue weighted by molar-refractivity contribution is -0.117. The Balaban J connectivity index is 1.84. The number of H-pyrrole nitrogens is 1. The summed E-state index contributed by atoms with van der Waals surface area (Å²) >= 11 is 0. The molecule has 23 heavy (non-hydrogen) atoms. The van der Waals surface area contributed by atoms with Crippen molar-refractivity contribution in [3.63, 3.8) is 0 Å². The molecule has 1 aromatic heterocycles. The van der Waals surface area contributed by atoms with Crippen molar-refractivity contribution in [1.29, 1.82) is 0 Å². The number of amides is 2. The van der Waals surface area contributed by atoms with Gasteiger partial charge in [-0.1, -0.05) is 6.07 Å². The van der Waals surface area contributed by atoms with Crippen molar-refractivity contribution in [2.24, 2.45) is 5.73 Å². The quantitative estimate of drug-likeness (QED) is 0.686. The third-order valence-corrected chi connectivity index (χ3v) is 3.22. The number of hydrogen-bond acceptors (Lipinski definition) is 3. The predicted molar refractivity (Wildman–Crippen MR) is 83.3 cm³/mol. The van der Waals surface area contributed by atoms with E-state index >= 15 is 0 Å². The van der Waals surface area contributed by atoms with E-state index in [0.29, 0.717) is 28.1 Å². The maximum atomic E-state index is 13.1. The van der Waals surface area contributed by atoms with Gasteiger partial charge in [-0.25, -0.2) is 9.37 Å². The van der Waals surface area contributed by atoms with Crippen LogP contribution in [0.5, 0.6) is 0 Å². The van der Waals surface area contributed by atoms with Crippen molar-refractivity contribution in [3.8, 4) is 0 Å². The zero-order valence-electron chi connectivity index (χ0n) is 12.0. The van der Waals surface area contributed by atoms with Gasteiger partial charge in [0.05, 0.1) is 17.5 Å². The molecule has 0 atom stereocenters. The molecule has 4 N–H and O–H groups in total. The summed E-state index contributed by atoms with van der Waals surface area (Å²) in [6.45, 7) is 0. The lowest BCUT2D eigenvalue weighted by Crippen LogP contribution is -2.14. The Hall–Kier alpha value is -3.22. The number of carbonyl (C=O) groups is 2. The van der Waals surface area contributed by atoms with Crippen molar-refractivity contribution in [2.45, 2.75) is 6.42 Å². The number of rotatable bonds is 4. The Bertz CT molecular complexity index is 904. The van der Waals surface area contributed by atoms with E-state index in [1.165, 1.54) is 18.2 Å². The molecule has 3 aromatic rings. The number of fused-ring (bicyclic) bond motifs is 1. The van der Waals surface area contributed by atoms with E-state index in [1.54, 1.807) is 24.3 Å². The van der Waals surface area contributed by atoms with Crippen molar-refractivity contribution < 1.29 is 14.0 Å². The number of hydrogen-bond donors (Lipinski definition) is 3. The van der Waals surface area contributed by atoms with Crippen LogP contribution in [-0.2, 0) is 11.2 Å². The number of nitrogens with zero attached hydrogens (tertiary/aromatic N) is 1. The van der Waals surface area contributed by atoms with Crippen molar-refractivity contribution in [2.75, 3.05) is 5.32 Å². The van der Waals surface area contributed by atoms with Crippen LogP contribution in [0.4, 0.5) is 10.1 Å². The molecule has 0 aliphatic rings. The minimum Gasteiger partial charge on any atom is -0.369 e. The molecule has 116 valence electrons. The molecule has 0 aliphatic carbocycles. The van der Waals surface area contributed by atoms with E-state index < -0.39 is 11.7 Å². The molecular weight excluding hydrogens is 299 g/mol. The summed E-state index contributed by atoms with van der Waals surface area (Å²) in [7, 11) is 0. The number of benzene rings is 2. The smallest absolute Gasteiger partial charge is 0.255 e. The predicted octanol–water partition coefficient (Wildman–Crippen LogP) is 1.98. The first-order valence-corrected chi connectivity index (χ1v) is 6.85. The van der Waals surface area contributed by atoms with Crippen molar-refractivity contribution >= 4 is 28.5 Å². The fourth-order valence-electron chi connectivity index (χ4n) is 2.22. The third-order valence-electron chi connectivity index (χ3n) is 3.22. The molecule has 0 aliphatic heterocycles. The Kier molecular flexibility index (Phi) is 3.76. The normalized spacial score (nSPS) is 10.7. The molecular formula is C16H13FN4O2. The summed E-state index contributed by atoms with van der Waals surface area (Å²) in [6.07, 6.45) is -0.000494. The van der Waals surface area contributed by atoms with E-state index in [-0.39, 0.29) is 12.3 Å². The summed E-state index contributed by atoms with van der Waals surface area (Å²) in [5.41, 5.74) is 7.13. The largest absolute Gasteiger partial charge is 0.369 e. The van der Waals surface area contributed by atoms with Crippen LogP contribution in [0.15, 0.2) is 42.5 Å². The van der Waals surface area contributed by atoms with Crippen LogP contribution in [0, 0.1) is 5.82 Å². The Labute approximate surface area is 130 Å². The van der Waals surface area contributed by atoms with Gasteiger partial charge < -0.3 is 16.0 Å². The maximum Gasteiger partial charge on any atom is 0.255 e. The highest BCUT2D eigenvalue weighted by molar-refractivity contribution is 6.05. The second-order valence-corrected chi connectivity index (χ2v) is 5.02. The van der Waals surface area contributed by atoms with Crippen LogP contribution < -0.4 is 11.1 Å². The van der Waals surface area contributed by atoms with Crippen LogP contribution in [0.1, 0.15) is 16.2 Å². The molecule has 0 bridgehead atoms. The van der Waals surface area contributed by atoms with E-state index in [0.717, 1.165) is 0 Å². The monoisotopic (exact) mass is 312 g/mol. The van der Waals surface area contributed by atoms with Gasteiger partial charge in [-0.2, -0.15) is 0 Å². The number of halogens is 1. The topological polar surface area (TPSA) is 101 Å². The molecule has 0 saturated heterocycles. The molecule has 0 saturated carbocycles. The molecule has 0 radical (unpaired) electrons. The molecule has 2 amide bonds. The second kappa shape index (κ2) is 5.88. The summed E-state index contributed by atoms with van der Waals surface area (Å²) < 4.78 is 13.1. The van der Waals surface area contributed by atoms with Crippen LogP contribution in [0.3, 0.4) is 0 Å². The average molecular weight is 312 g/mol. The van der Waals surface area contributed by atoms with Crippen LogP contribution >= 0.6 is 0 Å². The fourth-order valence-corrected chi connectivity index (χ4v) is 2.22. The first-order valence-electron chi connectivity index (χ1n) is 6.85. The van der Waals surface area contributed by atoms with Gasteiger partial charge in [-0.15, -0.1) is 0 Å². The van der Waals surface area contributed by atoms with Gasteiger partial charge in [0.25, 0.3) is 5.91 Å². The van der Waals surface area contributed by atoms with Gasteiger partial charge in [0.1, 0.15) is 11.6 Å². The Morgan fingerprint density at radius 2 is 2.04 bits per heavy atom. The van der Waals surface area contributed by atoms with Crippen LogP contribution in [0.2, 0.25) is 0 Å². The number of nitrogens with one attached hydrogen (secondary N) is 2. The van der Waals surface area contributed by atoms with Gasteiger partial charge in [0.2, 0.25) is 5.91 Å². The minimum absolute atomic E-state index is 0.000494. The lowest BCUT2D eigenvalue weighted by Gasteiger charge is -2.05. The number of imidazole rings is 1. The van der Waals surface area contributed by atoms with E-state index in [1.807, 2.05) is 0 Å². The molecule has 3 rings (SSSR count). The zero-order valence-corrected chi connectivity index (χ0v) is 12.0. The number of aromatic amines is 1. The van der Waals surface area contributed by atoms with E-state index in [9.17, 15) is 14.0 Å². The zero-order chi connectivity index (χ0) is 16.4. The number of anilines is 1. The highest BCUT2D eigenvalue weighted by atomic mass is 19.1. The number of primary amides is 1. The van der Waals surface area contributed by atoms with E-state index in [4.69, 9.17) is 5.73 Å². The molecule has 0 fully saturated rings. The highest BCUT2D eigenvalue weighted by Crippen LogP contribution is 2.16. The second-order valence-electron chi connectivity index (χ2n) is 5.02. The highest BCUT2D eigenvalue weighted by Gasteiger charge is 2.10. The van der Waals surface area contributed by atoms with Crippen molar-refractivity contribution in [3.05, 3.63) is 59.7 Å². The molecule has 0 spiro atoms. The number of nitrogens with two attached hydrogens (primary N) is 1. The third kappa shape index (κ3) is 3.34. The molecule has 7 heteroatoms. The van der Waals surface area contributed by atoms with Gasteiger partial charge in [-0.3, -0.25) is 9.59 Å². The van der Waals surface area contributed by atoms with Gasteiger partial charge >= 0.3 is 0 Å². The van der Waals surface area contributed by atoms with E-state index in [2.05, 4.69) is 15.3 Å². The average Bonchev–Trinajstić information content (AvgIpc) is 2.87. The molecule has 6 nitrogen and oxygen atoms in total. The lowest BCUT2D eigenvalue weighted by atomic mass is 10.2. The molecule has 0 unspecified atom stereocenters. The maximum absolute atomic E-state index is 13.1. The van der Waals surface area contributed by atoms with Crippen LogP contribution in [-0.4, -0.2) is 21.8 Å². The Morgan fingerprint density at radius 1 is 1.22 bits per heavy atom. The van der Waals surface area contributed by atoms with Gasteiger partial charge in [0.15, 0.2) is 0 Å². The summed E-state index contributed by atoms with van der Waals surface area (Å²) in [5.74, 6) is -0.852. The standard InChI is InChI=1S/C16H13FN4O2/c17-10-2-1-3-11(7-10)19-16(23)9-4-5-12-13(6-9)21-15(20-12)8-14(18)22/h1-7H,8H2,(H2,18,22)(H,19,23)(H,20,21). The minimum atomic E-state index is -0.492. The Morgan fingerprint density at radius 3 is 2.78 bits per heavy atom. The SMILES string of the molecule is NC(=O)Cc1nc2ccc(C(=O)Nc3cccc(F)c3)cc2[nH]1. The van der Waals surface area contributed by atoms with Crippen molar-refractivity contribution in [1.82, 2.24) is 9.97 Å². The number of carbonyl (C=O) groups excluding carboxylic acids is 2. The summed E-state index contributed by atoms with van der Waals surface area (Å²) in [5, 5.41) is 2.62. The van der Waals surface area contributed by atoms with Gasteiger partial charge in [-0.05, 0) is 36.4 Å². The first-order chi connectivity index (χ1) is 11.0. The summed E-state index contributed by atoms with van der Waals surface area (Å²) in [4.78, 5) is 30.3. The molecule has 1 heterocycles. The first kappa shape index (κ1) is 14.7.